The van der Waals surface area contributed by atoms with E-state index >= 15 is 0 Å². The summed E-state index contributed by atoms with van der Waals surface area (Å²) < 4.78 is 0. The van der Waals surface area contributed by atoms with Crippen molar-refractivity contribution >= 4 is 22.5 Å². The Morgan fingerprint density at radius 2 is 2.12 bits per heavy atom. The molecule has 1 aromatic carbocycles. The molecule has 1 aliphatic carbocycles. The first-order valence-corrected chi connectivity index (χ1v) is 9.66. The van der Waals surface area contributed by atoms with Gasteiger partial charge in [0.2, 0.25) is 5.91 Å². The molecule has 1 aliphatic heterocycles. The average Bonchev–Trinajstić information content (AvgIpc) is 3.49. The van der Waals surface area contributed by atoms with Crippen LogP contribution in [-0.4, -0.2) is 30.5 Å². The topological polar surface area (TPSA) is 45.2 Å². The molecule has 2 fully saturated rings. The van der Waals surface area contributed by atoms with Crippen molar-refractivity contribution in [3.8, 4) is 0 Å². The molecular weight excluding hydrogens is 310 g/mol. The Balaban J connectivity index is 1.56. The second-order valence-electron chi connectivity index (χ2n) is 7.48. The average molecular weight is 337 g/mol. The minimum absolute atomic E-state index is 0.101. The second-order valence-corrected chi connectivity index (χ2v) is 7.48. The quantitative estimate of drug-likeness (QED) is 0.908. The van der Waals surface area contributed by atoms with Gasteiger partial charge in [-0.3, -0.25) is 9.78 Å². The van der Waals surface area contributed by atoms with Crippen molar-refractivity contribution in [2.45, 2.75) is 39.0 Å². The molecule has 1 N–H and O–H groups in total. The van der Waals surface area contributed by atoms with Crippen LogP contribution < -0.4 is 10.2 Å². The molecule has 0 spiro atoms. The maximum absolute atomic E-state index is 12.5. The highest BCUT2D eigenvalue weighted by Crippen LogP contribution is 2.31. The van der Waals surface area contributed by atoms with Crippen molar-refractivity contribution in [3.05, 3.63) is 36.0 Å². The molecule has 4 heteroatoms. The number of piperidine rings is 1. The van der Waals surface area contributed by atoms with E-state index in [2.05, 4.69) is 41.4 Å². The number of anilines is 1. The first kappa shape index (κ1) is 16.4. The molecule has 1 saturated heterocycles. The van der Waals surface area contributed by atoms with E-state index < -0.39 is 0 Å². The van der Waals surface area contributed by atoms with E-state index in [9.17, 15) is 4.79 Å². The highest BCUT2D eigenvalue weighted by Gasteiger charge is 2.28. The summed E-state index contributed by atoms with van der Waals surface area (Å²) in [5.41, 5.74) is 3.41. The molecular formula is C21H27N3O. The highest BCUT2D eigenvalue weighted by atomic mass is 16.1. The molecule has 132 valence electrons. The minimum Gasteiger partial charge on any atom is -0.370 e. The number of fused-ring (bicyclic) bond motifs is 1. The van der Waals surface area contributed by atoms with Crippen LogP contribution in [0.2, 0.25) is 0 Å². The summed E-state index contributed by atoms with van der Waals surface area (Å²) in [6.07, 6.45) is 5.55. The molecule has 1 amide bonds. The molecule has 0 radical (unpaired) electrons. The molecule has 1 saturated carbocycles. The number of carbonyl (C=O) groups excluding carboxylic acids is 1. The van der Waals surface area contributed by atoms with Gasteiger partial charge in [-0.1, -0.05) is 25.1 Å². The SMILES string of the molecule is CCc1cc(N2CCCC(C(=O)NCC3CC3)C2)c2ccccc2n1. The molecule has 1 unspecified atom stereocenters. The Hall–Kier alpha value is -2.10. The third-order valence-corrected chi connectivity index (χ3v) is 5.50. The van der Waals surface area contributed by atoms with Gasteiger partial charge in [-0.05, 0) is 50.2 Å². The lowest BCUT2D eigenvalue weighted by Crippen LogP contribution is -2.43. The maximum atomic E-state index is 12.5. The fourth-order valence-corrected chi connectivity index (χ4v) is 3.77. The van der Waals surface area contributed by atoms with Crippen molar-refractivity contribution in [3.63, 3.8) is 0 Å². The highest BCUT2D eigenvalue weighted by molar-refractivity contribution is 5.92. The molecule has 1 atom stereocenters. The number of hydrogen-bond donors (Lipinski definition) is 1. The summed E-state index contributed by atoms with van der Waals surface area (Å²) >= 11 is 0. The van der Waals surface area contributed by atoms with E-state index in [0.717, 1.165) is 56.0 Å². The summed E-state index contributed by atoms with van der Waals surface area (Å²) in [6, 6.07) is 10.6. The number of carbonyl (C=O) groups is 1. The van der Waals surface area contributed by atoms with E-state index in [-0.39, 0.29) is 11.8 Å². The van der Waals surface area contributed by atoms with E-state index in [1.165, 1.54) is 23.9 Å². The van der Waals surface area contributed by atoms with Crippen LogP contribution in [0.3, 0.4) is 0 Å². The van der Waals surface area contributed by atoms with Crippen LogP contribution in [0.1, 0.15) is 38.3 Å². The summed E-state index contributed by atoms with van der Waals surface area (Å²) in [6.45, 7) is 4.84. The number of aryl methyl sites for hydroxylation is 1. The van der Waals surface area contributed by atoms with E-state index in [1.54, 1.807) is 0 Å². The van der Waals surface area contributed by atoms with Gasteiger partial charge in [-0.25, -0.2) is 0 Å². The van der Waals surface area contributed by atoms with Gasteiger partial charge in [0.25, 0.3) is 0 Å². The molecule has 25 heavy (non-hydrogen) atoms. The number of pyridine rings is 1. The normalized spacial score (nSPS) is 20.7. The van der Waals surface area contributed by atoms with Gasteiger partial charge in [0.15, 0.2) is 0 Å². The van der Waals surface area contributed by atoms with Crippen LogP contribution in [0.25, 0.3) is 10.9 Å². The van der Waals surface area contributed by atoms with Gasteiger partial charge in [-0.2, -0.15) is 0 Å². The number of benzene rings is 1. The Kier molecular flexibility index (Phi) is 4.60. The van der Waals surface area contributed by atoms with Gasteiger partial charge in [0.1, 0.15) is 0 Å². The Morgan fingerprint density at radius 1 is 1.28 bits per heavy atom. The fraction of sp³-hybridized carbons (Fsp3) is 0.524. The van der Waals surface area contributed by atoms with Crippen molar-refractivity contribution in [1.82, 2.24) is 10.3 Å². The second kappa shape index (κ2) is 7.03. The first-order chi connectivity index (χ1) is 12.2. The molecule has 2 aromatic rings. The summed E-state index contributed by atoms with van der Waals surface area (Å²) in [4.78, 5) is 19.7. The molecule has 0 bridgehead atoms. The number of aromatic nitrogens is 1. The lowest BCUT2D eigenvalue weighted by Gasteiger charge is -2.34. The zero-order valence-corrected chi connectivity index (χ0v) is 15.0. The molecule has 1 aromatic heterocycles. The van der Waals surface area contributed by atoms with E-state index in [4.69, 9.17) is 4.98 Å². The van der Waals surface area contributed by atoms with Crippen molar-refractivity contribution in [2.75, 3.05) is 24.5 Å². The Labute approximate surface area is 149 Å². The van der Waals surface area contributed by atoms with Crippen LogP contribution >= 0.6 is 0 Å². The van der Waals surface area contributed by atoms with E-state index in [0.29, 0.717) is 0 Å². The third kappa shape index (κ3) is 3.63. The summed E-state index contributed by atoms with van der Waals surface area (Å²) in [7, 11) is 0. The fourth-order valence-electron chi connectivity index (χ4n) is 3.77. The van der Waals surface area contributed by atoms with Crippen LogP contribution in [0.4, 0.5) is 5.69 Å². The smallest absolute Gasteiger partial charge is 0.224 e. The monoisotopic (exact) mass is 337 g/mol. The van der Waals surface area contributed by atoms with Crippen LogP contribution in [0.15, 0.2) is 30.3 Å². The largest absolute Gasteiger partial charge is 0.370 e. The van der Waals surface area contributed by atoms with Gasteiger partial charge in [-0.15, -0.1) is 0 Å². The first-order valence-electron chi connectivity index (χ1n) is 9.66. The zero-order valence-electron chi connectivity index (χ0n) is 15.0. The number of amides is 1. The molecule has 4 rings (SSSR count). The van der Waals surface area contributed by atoms with Crippen LogP contribution in [-0.2, 0) is 11.2 Å². The van der Waals surface area contributed by atoms with Crippen molar-refractivity contribution in [2.24, 2.45) is 11.8 Å². The standard InChI is InChI=1S/C21H27N3O/c1-2-17-12-20(18-7-3-4-8-19(18)23-17)24-11-5-6-16(14-24)21(25)22-13-15-9-10-15/h3-4,7-8,12,15-16H,2,5-6,9-11,13-14H2,1H3,(H,22,25). The Morgan fingerprint density at radius 3 is 2.92 bits per heavy atom. The van der Waals surface area contributed by atoms with Gasteiger partial charge >= 0.3 is 0 Å². The van der Waals surface area contributed by atoms with Crippen LogP contribution in [0, 0.1) is 11.8 Å². The lowest BCUT2D eigenvalue weighted by atomic mass is 9.96. The van der Waals surface area contributed by atoms with E-state index in [1.807, 2.05) is 6.07 Å². The lowest BCUT2D eigenvalue weighted by molar-refractivity contribution is -0.125. The number of para-hydroxylation sites is 1. The van der Waals surface area contributed by atoms with Gasteiger partial charge in [0.05, 0.1) is 11.4 Å². The van der Waals surface area contributed by atoms with Crippen LogP contribution in [0.5, 0.6) is 0 Å². The number of hydrogen-bond acceptors (Lipinski definition) is 3. The third-order valence-electron chi connectivity index (χ3n) is 5.50. The zero-order chi connectivity index (χ0) is 17.2. The maximum Gasteiger partial charge on any atom is 0.224 e. The molecule has 4 nitrogen and oxygen atoms in total. The van der Waals surface area contributed by atoms with Gasteiger partial charge < -0.3 is 10.2 Å². The molecule has 2 aliphatic rings. The Bertz CT molecular complexity index is 769. The number of nitrogens with zero attached hydrogens (tertiary/aromatic N) is 2. The number of rotatable bonds is 5. The predicted molar refractivity (Wildman–Crippen MR) is 102 cm³/mol. The summed E-state index contributed by atoms with van der Waals surface area (Å²) in [5, 5.41) is 4.36. The van der Waals surface area contributed by atoms with Crippen molar-refractivity contribution < 1.29 is 4.79 Å². The van der Waals surface area contributed by atoms with Gasteiger partial charge in [0, 0.05) is 36.4 Å². The minimum atomic E-state index is 0.101. The summed E-state index contributed by atoms with van der Waals surface area (Å²) in [5.74, 6) is 1.08. The number of nitrogens with one attached hydrogen (secondary N) is 1. The van der Waals surface area contributed by atoms with Crippen molar-refractivity contribution in [1.29, 1.82) is 0 Å². The molecule has 2 heterocycles. The predicted octanol–water partition coefficient (Wildman–Crippen LogP) is 3.54.